The van der Waals surface area contributed by atoms with E-state index in [1.54, 1.807) is 0 Å². The Kier molecular flexibility index (Phi) is 8.28. The lowest BCUT2D eigenvalue weighted by Gasteiger charge is -2.33. The Balaban J connectivity index is 0.836. The second-order valence-corrected chi connectivity index (χ2v) is 17.9. The van der Waals surface area contributed by atoms with Crippen LogP contribution in [-0.2, 0) is 6.42 Å². The molecular formula is C58H50. The first kappa shape index (κ1) is 34.3. The van der Waals surface area contributed by atoms with Crippen LogP contribution in [0.5, 0.6) is 0 Å². The molecule has 0 heteroatoms. The van der Waals surface area contributed by atoms with Crippen molar-refractivity contribution in [2.24, 2.45) is 29.6 Å². The number of fused-ring (bicyclic) bond motifs is 10. The van der Waals surface area contributed by atoms with Crippen LogP contribution in [-0.4, -0.2) is 0 Å². The topological polar surface area (TPSA) is 0 Å². The number of benzene rings is 3. The van der Waals surface area contributed by atoms with Crippen LogP contribution in [0.25, 0.3) is 33.2 Å². The van der Waals surface area contributed by atoms with Crippen LogP contribution in [0.1, 0.15) is 68.1 Å². The first-order valence-corrected chi connectivity index (χ1v) is 22.1. The minimum absolute atomic E-state index is 0.441. The van der Waals surface area contributed by atoms with Gasteiger partial charge in [0.15, 0.2) is 0 Å². The van der Waals surface area contributed by atoms with Crippen molar-refractivity contribution in [1.82, 2.24) is 0 Å². The quantitative estimate of drug-likeness (QED) is 0.233. The summed E-state index contributed by atoms with van der Waals surface area (Å²) in [6.45, 7) is 0. The summed E-state index contributed by atoms with van der Waals surface area (Å²) in [7, 11) is 0. The molecule has 0 saturated carbocycles. The highest BCUT2D eigenvalue weighted by atomic mass is 14.3. The van der Waals surface area contributed by atoms with E-state index in [0.29, 0.717) is 29.6 Å². The third kappa shape index (κ3) is 5.79. The molecule has 0 saturated heterocycles. The molecular weight excluding hydrogens is 697 g/mol. The van der Waals surface area contributed by atoms with Crippen molar-refractivity contribution in [3.05, 3.63) is 225 Å². The number of aryl methyl sites for hydroxylation is 1. The average Bonchev–Trinajstić information content (AvgIpc) is 3.31. The van der Waals surface area contributed by atoms with Crippen LogP contribution in [0, 0.1) is 29.6 Å². The zero-order valence-electron chi connectivity index (χ0n) is 33.3. The van der Waals surface area contributed by atoms with Gasteiger partial charge in [0.2, 0.25) is 0 Å². The van der Waals surface area contributed by atoms with Crippen molar-refractivity contribution in [1.29, 1.82) is 0 Å². The smallest absolute Gasteiger partial charge is 0.0122 e. The fourth-order valence-electron chi connectivity index (χ4n) is 11.7. The van der Waals surface area contributed by atoms with E-state index in [-0.39, 0.29) is 0 Å². The Bertz CT molecular complexity index is 2810. The standard InChI is InChI=1S/C58H50/c1-3-15-49-37(9-1)19-21-47-33-43(23-27-51(47)49)39-11-7-13-41(31-39)45-25-29-55-56-30-26-46(36-58(56)54-18-6-5-17-53(54)57(55)35-45)42-14-8-12-40(32-42)44-24-28-52-48(34-44)22-20-38-10-2-4-16-50(38)52/h1,3-6,9,11-12,15-25,27-29,31-32,34-37,43,48-49,52H,2,7-8,10,13-14,26,30,33H2. The van der Waals surface area contributed by atoms with Crippen molar-refractivity contribution in [3.8, 4) is 0 Å². The molecule has 0 fully saturated rings. The summed E-state index contributed by atoms with van der Waals surface area (Å²) in [5.41, 5.74) is 19.3. The molecule has 0 radical (unpaired) electrons. The Morgan fingerprint density at radius 3 is 2.31 bits per heavy atom. The Hall–Kier alpha value is -5.72. The zero-order chi connectivity index (χ0) is 38.2. The van der Waals surface area contributed by atoms with E-state index in [1.165, 1.54) is 107 Å². The second kappa shape index (κ2) is 14.0. The van der Waals surface area contributed by atoms with Crippen LogP contribution in [0.4, 0.5) is 0 Å². The van der Waals surface area contributed by atoms with Gasteiger partial charge in [-0.05, 0) is 158 Å². The van der Waals surface area contributed by atoms with Crippen LogP contribution in [0.3, 0.4) is 0 Å². The molecule has 0 aromatic heterocycles. The molecule has 5 unspecified atom stereocenters. The van der Waals surface area contributed by atoms with Gasteiger partial charge in [-0.15, -0.1) is 0 Å². The lowest BCUT2D eigenvalue weighted by Crippen LogP contribution is -2.20. The van der Waals surface area contributed by atoms with Gasteiger partial charge in [-0.3, -0.25) is 0 Å². The number of hydrogen-bond acceptors (Lipinski definition) is 0. The molecule has 0 nitrogen and oxygen atoms in total. The van der Waals surface area contributed by atoms with E-state index < -0.39 is 0 Å². The summed E-state index contributed by atoms with van der Waals surface area (Å²) >= 11 is 0. The Morgan fingerprint density at radius 2 is 1.33 bits per heavy atom. The summed E-state index contributed by atoms with van der Waals surface area (Å²) in [4.78, 5) is 0. The summed E-state index contributed by atoms with van der Waals surface area (Å²) in [6, 6.07) is 16.6. The van der Waals surface area contributed by atoms with Crippen molar-refractivity contribution in [3.63, 3.8) is 0 Å². The molecule has 0 aliphatic heterocycles. The molecule has 12 rings (SSSR count). The van der Waals surface area contributed by atoms with Crippen LogP contribution < -0.4 is 0 Å². The van der Waals surface area contributed by atoms with Crippen LogP contribution in [0.2, 0.25) is 0 Å². The van der Waals surface area contributed by atoms with E-state index in [9.17, 15) is 0 Å². The fourth-order valence-corrected chi connectivity index (χ4v) is 11.7. The molecule has 0 spiro atoms. The van der Waals surface area contributed by atoms with E-state index in [1.807, 2.05) is 0 Å². The van der Waals surface area contributed by atoms with Gasteiger partial charge in [0.05, 0.1) is 0 Å². The van der Waals surface area contributed by atoms with Gasteiger partial charge in [0, 0.05) is 29.6 Å². The maximum Gasteiger partial charge on any atom is 0.0122 e. The van der Waals surface area contributed by atoms with Crippen LogP contribution in [0.15, 0.2) is 208 Å². The molecule has 3 aromatic carbocycles. The Labute approximate surface area is 343 Å². The van der Waals surface area contributed by atoms with Crippen molar-refractivity contribution in [2.75, 3.05) is 0 Å². The van der Waals surface area contributed by atoms with Crippen molar-refractivity contribution < 1.29 is 0 Å². The van der Waals surface area contributed by atoms with Gasteiger partial charge in [0.25, 0.3) is 0 Å². The third-order valence-electron chi connectivity index (χ3n) is 14.7. The highest BCUT2D eigenvalue weighted by molar-refractivity contribution is 6.14. The molecule has 0 bridgehead atoms. The van der Waals surface area contributed by atoms with Crippen molar-refractivity contribution in [2.45, 2.75) is 57.8 Å². The van der Waals surface area contributed by atoms with Gasteiger partial charge in [-0.2, -0.15) is 0 Å². The maximum absolute atomic E-state index is 2.57. The normalized spacial score (nSPS) is 27.9. The predicted molar refractivity (Wildman–Crippen MR) is 246 cm³/mol. The van der Waals surface area contributed by atoms with Gasteiger partial charge >= 0.3 is 0 Å². The largest absolute Gasteiger partial charge is 0.0839 e. The molecule has 9 aliphatic carbocycles. The molecule has 9 aliphatic rings. The summed E-state index contributed by atoms with van der Waals surface area (Å²) in [5.74, 6) is 2.37. The van der Waals surface area contributed by atoms with E-state index in [2.05, 4.69) is 164 Å². The minimum atomic E-state index is 0.441. The molecule has 0 amide bonds. The third-order valence-corrected chi connectivity index (χ3v) is 14.7. The fraction of sp³-hybridized carbons (Fsp3) is 0.241. The summed E-state index contributed by atoms with van der Waals surface area (Å²) in [6.07, 6.45) is 58.6. The molecule has 5 atom stereocenters. The summed E-state index contributed by atoms with van der Waals surface area (Å²) in [5, 5.41) is 5.61. The lowest BCUT2D eigenvalue weighted by molar-refractivity contribution is 0.606. The van der Waals surface area contributed by atoms with Gasteiger partial charge in [-0.1, -0.05) is 158 Å². The highest BCUT2D eigenvalue weighted by Gasteiger charge is 2.30. The number of hydrogen-bond donors (Lipinski definition) is 0. The van der Waals surface area contributed by atoms with Crippen molar-refractivity contribution >= 4 is 33.2 Å². The summed E-state index contributed by atoms with van der Waals surface area (Å²) < 4.78 is 0. The first-order valence-electron chi connectivity index (χ1n) is 22.1. The number of rotatable bonds is 4. The number of allylic oxidation sites excluding steroid dienone is 29. The van der Waals surface area contributed by atoms with Crippen LogP contribution >= 0.6 is 0 Å². The highest BCUT2D eigenvalue weighted by Crippen LogP contribution is 2.46. The lowest BCUT2D eigenvalue weighted by atomic mass is 9.71. The minimum Gasteiger partial charge on any atom is -0.0839 e. The van der Waals surface area contributed by atoms with Gasteiger partial charge in [0.1, 0.15) is 0 Å². The molecule has 3 aromatic rings. The molecule has 0 heterocycles. The van der Waals surface area contributed by atoms with Gasteiger partial charge < -0.3 is 0 Å². The van der Waals surface area contributed by atoms with E-state index >= 15 is 0 Å². The molecule has 0 N–H and O–H groups in total. The van der Waals surface area contributed by atoms with E-state index in [4.69, 9.17) is 0 Å². The zero-order valence-corrected chi connectivity index (χ0v) is 33.3. The second-order valence-electron chi connectivity index (χ2n) is 17.9. The monoisotopic (exact) mass is 746 g/mol. The first-order chi connectivity index (χ1) is 28.7. The SMILES string of the molecule is C1=CC2C=CC3=C(C=CC(C4=CCCC(c5ccc6c7c(c8ccccc8c6c5)C=C(C5=CC(C6=CC8C=CC9=C(C=CCC9)C8C=C6)=CCC5)CC7)=C4)C3)C2C=C1. The maximum atomic E-state index is 2.57. The van der Waals surface area contributed by atoms with E-state index in [0.717, 1.165) is 44.9 Å². The molecule has 282 valence electrons. The average molecular weight is 747 g/mol. The molecule has 58 heavy (non-hydrogen) atoms. The Morgan fingerprint density at radius 1 is 0.500 bits per heavy atom. The van der Waals surface area contributed by atoms with Gasteiger partial charge in [-0.25, -0.2) is 0 Å². The predicted octanol–water partition coefficient (Wildman–Crippen LogP) is 14.8.